The third-order valence-corrected chi connectivity index (χ3v) is 4.10. The van der Waals surface area contributed by atoms with Crippen LogP contribution in [0.4, 0.5) is 0 Å². The van der Waals surface area contributed by atoms with E-state index >= 15 is 0 Å². The van der Waals surface area contributed by atoms with Crippen LogP contribution in [0.3, 0.4) is 0 Å². The van der Waals surface area contributed by atoms with E-state index < -0.39 is 12.0 Å². The van der Waals surface area contributed by atoms with Gasteiger partial charge in [-0.15, -0.1) is 0 Å². The molecule has 1 rings (SSSR count). The topological polar surface area (TPSA) is 75.6 Å². The van der Waals surface area contributed by atoms with Gasteiger partial charge in [-0.3, -0.25) is 4.79 Å². The van der Waals surface area contributed by atoms with E-state index in [1.54, 1.807) is 18.2 Å². The van der Waals surface area contributed by atoms with Gasteiger partial charge in [-0.25, -0.2) is 4.79 Å². The minimum absolute atomic E-state index is 0.205. The lowest BCUT2D eigenvalue weighted by atomic mass is 10.0. The zero-order valence-electron chi connectivity index (χ0n) is 13.1. The summed E-state index contributed by atoms with van der Waals surface area (Å²) in [5.41, 5.74) is 0.496. The second-order valence-electron chi connectivity index (χ2n) is 5.22. The maximum Gasteiger partial charge on any atom is 0.330 e. The first kappa shape index (κ1) is 18.5. The number of aliphatic carboxylic acids is 1. The van der Waals surface area contributed by atoms with Gasteiger partial charge >= 0.3 is 5.97 Å². The van der Waals surface area contributed by atoms with Gasteiger partial charge in [0.2, 0.25) is 5.91 Å². The van der Waals surface area contributed by atoms with Gasteiger partial charge < -0.3 is 15.2 Å². The number of hydrogen-bond donors (Lipinski definition) is 2. The first-order valence-corrected chi connectivity index (χ1v) is 8.06. The first-order chi connectivity index (χ1) is 10.4. The Morgan fingerprint density at radius 2 is 2.09 bits per heavy atom. The molecule has 0 aliphatic heterocycles. The number of carboxylic acid groups (broad SMARTS) is 1. The zero-order chi connectivity index (χ0) is 16.7. The zero-order valence-corrected chi connectivity index (χ0v) is 14.6. The number of carbonyl (C=O) groups excluding carboxylic acids is 1. The SMILES string of the molecule is CCCCC(C)C(=O)NC(C(=O)O)c1ccc(OC)c(Br)c1. The van der Waals surface area contributed by atoms with Gasteiger partial charge in [-0.2, -0.15) is 0 Å². The molecule has 2 atom stereocenters. The molecule has 0 radical (unpaired) electrons. The van der Waals surface area contributed by atoms with Gasteiger partial charge in [0, 0.05) is 5.92 Å². The molecule has 1 aromatic carbocycles. The van der Waals surface area contributed by atoms with Crippen molar-refractivity contribution in [3.8, 4) is 5.75 Å². The molecular weight excluding hydrogens is 350 g/mol. The van der Waals surface area contributed by atoms with E-state index in [2.05, 4.69) is 28.2 Å². The summed E-state index contributed by atoms with van der Waals surface area (Å²) in [6.07, 6.45) is 2.70. The largest absolute Gasteiger partial charge is 0.496 e. The number of nitrogens with one attached hydrogen (secondary N) is 1. The van der Waals surface area contributed by atoms with Crippen molar-refractivity contribution < 1.29 is 19.4 Å². The average molecular weight is 372 g/mol. The molecule has 0 saturated heterocycles. The van der Waals surface area contributed by atoms with Crippen LogP contribution >= 0.6 is 15.9 Å². The molecule has 0 aromatic heterocycles. The molecule has 0 spiro atoms. The Morgan fingerprint density at radius 1 is 1.41 bits per heavy atom. The normalized spacial score (nSPS) is 13.3. The van der Waals surface area contributed by atoms with Crippen molar-refractivity contribution in [3.05, 3.63) is 28.2 Å². The molecule has 1 aromatic rings. The molecule has 5 nitrogen and oxygen atoms in total. The monoisotopic (exact) mass is 371 g/mol. The molecule has 22 heavy (non-hydrogen) atoms. The van der Waals surface area contributed by atoms with Crippen molar-refractivity contribution in [2.24, 2.45) is 5.92 Å². The summed E-state index contributed by atoms with van der Waals surface area (Å²) in [5.74, 6) is -0.931. The van der Waals surface area contributed by atoms with Crippen LogP contribution in [-0.2, 0) is 9.59 Å². The average Bonchev–Trinajstić information content (AvgIpc) is 2.49. The highest BCUT2D eigenvalue weighted by molar-refractivity contribution is 9.10. The minimum atomic E-state index is -1.09. The summed E-state index contributed by atoms with van der Waals surface area (Å²) in [6.45, 7) is 3.87. The standard InChI is InChI=1S/C16H22BrNO4/c1-4-5-6-10(2)15(19)18-14(16(20)21)11-7-8-13(22-3)12(17)9-11/h7-10,14H,4-6H2,1-3H3,(H,18,19)(H,20,21). The summed E-state index contributed by atoms with van der Waals surface area (Å²) in [4.78, 5) is 23.6. The third-order valence-electron chi connectivity index (χ3n) is 3.48. The molecule has 0 fully saturated rings. The van der Waals surface area contributed by atoms with E-state index in [0.717, 1.165) is 19.3 Å². The number of benzene rings is 1. The summed E-state index contributed by atoms with van der Waals surface area (Å²) >= 11 is 3.32. The molecule has 2 N–H and O–H groups in total. The minimum Gasteiger partial charge on any atom is -0.496 e. The van der Waals surface area contributed by atoms with Crippen molar-refractivity contribution in [2.75, 3.05) is 7.11 Å². The third kappa shape index (κ3) is 5.02. The summed E-state index contributed by atoms with van der Waals surface area (Å²) in [7, 11) is 1.53. The lowest BCUT2D eigenvalue weighted by Gasteiger charge is -2.19. The molecular formula is C16H22BrNO4. The van der Waals surface area contributed by atoms with Gasteiger partial charge in [0.15, 0.2) is 6.04 Å². The number of unbranched alkanes of at least 4 members (excludes halogenated alkanes) is 1. The molecule has 0 heterocycles. The summed E-state index contributed by atoms with van der Waals surface area (Å²) in [5, 5.41) is 12.0. The van der Waals surface area contributed by atoms with Crippen LogP contribution in [0.5, 0.6) is 5.75 Å². The number of rotatable bonds is 8. The Morgan fingerprint density at radius 3 is 2.59 bits per heavy atom. The molecule has 0 bridgehead atoms. The quantitative estimate of drug-likeness (QED) is 0.732. The summed E-state index contributed by atoms with van der Waals surface area (Å²) in [6, 6.07) is 3.88. The second kappa shape index (κ2) is 8.78. The van der Waals surface area contributed by atoms with Crippen molar-refractivity contribution in [3.63, 3.8) is 0 Å². The van der Waals surface area contributed by atoms with Gasteiger partial charge in [0.25, 0.3) is 0 Å². The highest BCUT2D eigenvalue weighted by atomic mass is 79.9. The second-order valence-corrected chi connectivity index (χ2v) is 6.07. The molecule has 0 saturated carbocycles. The maximum absolute atomic E-state index is 12.1. The van der Waals surface area contributed by atoms with E-state index in [4.69, 9.17) is 4.74 Å². The van der Waals surface area contributed by atoms with Gasteiger partial charge in [-0.05, 0) is 40.0 Å². The fourth-order valence-corrected chi connectivity index (χ4v) is 2.63. The number of amides is 1. The lowest BCUT2D eigenvalue weighted by molar-refractivity contribution is -0.142. The van der Waals surface area contributed by atoms with E-state index in [0.29, 0.717) is 15.8 Å². The Bertz CT molecular complexity index is 533. The Balaban J connectivity index is 2.88. The number of ether oxygens (including phenoxy) is 1. The highest BCUT2D eigenvalue weighted by Crippen LogP contribution is 2.28. The van der Waals surface area contributed by atoms with E-state index in [9.17, 15) is 14.7 Å². The van der Waals surface area contributed by atoms with Crippen LogP contribution < -0.4 is 10.1 Å². The molecule has 0 aliphatic rings. The lowest BCUT2D eigenvalue weighted by Crippen LogP contribution is -2.37. The fraction of sp³-hybridized carbons (Fsp3) is 0.500. The number of carbonyl (C=O) groups is 2. The summed E-state index contributed by atoms with van der Waals surface area (Å²) < 4.78 is 5.77. The number of hydrogen-bond acceptors (Lipinski definition) is 3. The first-order valence-electron chi connectivity index (χ1n) is 7.27. The van der Waals surface area contributed by atoms with Gasteiger partial charge in [0.1, 0.15) is 5.75 Å². The molecule has 1 amide bonds. The van der Waals surface area contributed by atoms with E-state index in [1.807, 2.05) is 6.92 Å². The molecule has 122 valence electrons. The highest BCUT2D eigenvalue weighted by Gasteiger charge is 2.25. The molecule has 0 aliphatic carbocycles. The fourth-order valence-electron chi connectivity index (χ4n) is 2.08. The van der Waals surface area contributed by atoms with Gasteiger partial charge in [0.05, 0.1) is 11.6 Å². The van der Waals surface area contributed by atoms with Crippen LogP contribution in [0.1, 0.15) is 44.7 Å². The number of methoxy groups -OCH3 is 1. The van der Waals surface area contributed by atoms with E-state index in [1.165, 1.54) is 7.11 Å². The van der Waals surface area contributed by atoms with Crippen LogP contribution in [0, 0.1) is 5.92 Å². The number of halogens is 1. The smallest absolute Gasteiger partial charge is 0.330 e. The molecule has 6 heteroatoms. The van der Waals surface area contributed by atoms with Crippen molar-refractivity contribution in [1.29, 1.82) is 0 Å². The van der Waals surface area contributed by atoms with E-state index in [-0.39, 0.29) is 11.8 Å². The Labute approximate surface area is 139 Å². The van der Waals surface area contributed by atoms with Crippen molar-refractivity contribution >= 4 is 27.8 Å². The Kier molecular flexibility index (Phi) is 7.38. The van der Waals surface area contributed by atoms with Gasteiger partial charge in [-0.1, -0.05) is 32.8 Å². The van der Waals surface area contributed by atoms with Crippen LogP contribution in [0.2, 0.25) is 0 Å². The van der Waals surface area contributed by atoms with Crippen LogP contribution in [0.15, 0.2) is 22.7 Å². The van der Waals surface area contributed by atoms with Crippen LogP contribution in [-0.4, -0.2) is 24.1 Å². The predicted octanol–water partition coefficient (Wildman–Crippen LogP) is 3.53. The maximum atomic E-state index is 12.1. The van der Waals surface area contributed by atoms with Crippen molar-refractivity contribution in [1.82, 2.24) is 5.32 Å². The predicted molar refractivity (Wildman–Crippen MR) is 87.9 cm³/mol. The molecule has 2 unspecified atom stereocenters. The number of carboxylic acids is 1. The van der Waals surface area contributed by atoms with Crippen molar-refractivity contribution in [2.45, 2.75) is 39.2 Å². The Hall–Kier alpha value is -1.56. The van der Waals surface area contributed by atoms with Crippen LogP contribution in [0.25, 0.3) is 0 Å².